The number of hydrogen-bond donors (Lipinski definition) is 0. The average Bonchev–Trinajstić information content (AvgIpc) is 2.78. The predicted molar refractivity (Wildman–Crippen MR) is 48.5 cm³/mol. The van der Waals surface area contributed by atoms with E-state index in [1.54, 1.807) is 6.42 Å². The first-order chi connectivity index (χ1) is 5.24. The Labute approximate surface area is 70.4 Å². The summed E-state index contributed by atoms with van der Waals surface area (Å²) in [5.74, 6) is 2.25. The summed E-state index contributed by atoms with van der Waals surface area (Å²) in [6.45, 7) is 4.82. The highest BCUT2D eigenvalue weighted by Gasteiger charge is 2.50. The zero-order valence-electron chi connectivity index (χ0n) is 7.90. The summed E-state index contributed by atoms with van der Waals surface area (Å²) in [5, 5.41) is 0. The van der Waals surface area contributed by atoms with Gasteiger partial charge in [-0.1, -0.05) is 39.5 Å². The van der Waals surface area contributed by atoms with Crippen molar-refractivity contribution in [1.82, 2.24) is 0 Å². The molecule has 0 saturated heterocycles. The molecule has 0 radical (unpaired) electrons. The van der Waals surface area contributed by atoms with E-state index >= 15 is 0 Å². The second-order valence-corrected chi connectivity index (χ2v) is 4.99. The van der Waals surface area contributed by atoms with E-state index < -0.39 is 0 Å². The fourth-order valence-electron chi connectivity index (χ4n) is 2.53. The Morgan fingerprint density at radius 2 is 2.09 bits per heavy atom. The predicted octanol–water partition coefficient (Wildman–Crippen LogP) is 3.61. The van der Waals surface area contributed by atoms with Crippen LogP contribution in [0.1, 0.15) is 52.4 Å². The van der Waals surface area contributed by atoms with Gasteiger partial charge in [-0.05, 0) is 30.1 Å². The SMILES string of the molecule is CCCC1CC1(C)CC1CC1. The van der Waals surface area contributed by atoms with Crippen LogP contribution in [-0.2, 0) is 0 Å². The first-order valence-electron chi connectivity index (χ1n) is 5.24. The Morgan fingerprint density at radius 3 is 2.64 bits per heavy atom. The molecular formula is C11H20. The van der Waals surface area contributed by atoms with Crippen LogP contribution in [0.2, 0.25) is 0 Å². The molecule has 0 bridgehead atoms. The highest BCUT2D eigenvalue weighted by Crippen LogP contribution is 2.60. The van der Waals surface area contributed by atoms with Gasteiger partial charge in [0.2, 0.25) is 0 Å². The highest BCUT2D eigenvalue weighted by molar-refractivity contribution is 5.01. The second kappa shape index (κ2) is 2.50. The molecule has 0 heterocycles. The second-order valence-electron chi connectivity index (χ2n) is 4.99. The van der Waals surface area contributed by atoms with Gasteiger partial charge in [0.1, 0.15) is 0 Å². The molecule has 2 rings (SSSR count). The third-order valence-corrected chi connectivity index (χ3v) is 3.63. The van der Waals surface area contributed by atoms with Gasteiger partial charge in [0, 0.05) is 0 Å². The molecule has 2 fully saturated rings. The maximum Gasteiger partial charge on any atom is -0.0292 e. The lowest BCUT2D eigenvalue weighted by Crippen LogP contribution is -1.98. The molecule has 0 aromatic heterocycles. The smallest absolute Gasteiger partial charge is 0.0292 e. The zero-order chi connectivity index (χ0) is 7.90. The van der Waals surface area contributed by atoms with E-state index in [1.165, 1.54) is 32.1 Å². The lowest BCUT2D eigenvalue weighted by molar-refractivity contribution is 0.419. The Hall–Kier alpha value is 0. The zero-order valence-corrected chi connectivity index (χ0v) is 7.90. The monoisotopic (exact) mass is 152 g/mol. The van der Waals surface area contributed by atoms with Crippen LogP contribution in [0.4, 0.5) is 0 Å². The first-order valence-corrected chi connectivity index (χ1v) is 5.24. The quantitative estimate of drug-likeness (QED) is 0.577. The van der Waals surface area contributed by atoms with E-state index in [1.807, 2.05) is 0 Å². The largest absolute Gasteiger partial charge is 0.0654 e. The Bertz CT molecular complexity index is 146. The van der Waals surface area contributed by atoms with Gasteiger partial charge < -0.3 is 0 Å². The van der Waals surface area contributed by atoms with Gasteiger partial charge in [-0.25, -0.2) is 0 Å². The molecule has 0 nitrogen and oxygen atoms in total. The van der Waals surface area contributed by atoms with Crippen molar-refractivity contribution in [2.75, 3.05) is 0 Å². The Balaban J connectivity index is 1.75. The van der Waals surface area contributed by atoms with Crippen LogP contribution in [0.25, 0.3) is 0 Å². The molecule has 2 atom stereocenters. The van der Waals surface area contributed by atoms with Gasteiger partial charge in [0.25, 0.3) is 0 Å². The molecule has 0 amide bonds. The molecule has 2 unspecified atom stereocenters. The van der Waals surface area contributed by atoms with E-state index in [9.17, 15) is 0 Å². The summed E-state index contributed by atoms with van der Waals surface area (Å²) in [4.78, 5) is 0. The summed E-state index contributed by atoms with van der Waals surface area (Å²) in [6, 6.07) is 0. The van der Waals surface area contributed by atoms with Gasteiger partial charge in [0.15, 0.2) is 0 Å². The van der Waals surface area contributed by atoms with Crippen LogP contribution in [0.3, 0.4) is 0 Å². The maximum atomic E-state index is 2.51. The standard InChI is InChI=1S/C11H20/c1-3-4-10-8-11(10,2)7-9-5-6-9/h9-10H,3-8H2,1-2H3. The molecule has 0 aromatic rings. The molecule has 2 saturated carbocycles. The van der Waals surface area contributed by atoms with Crippen molar-refractivity contribution in [1.29, 1.82) is 0 Å². The Morgan fingerprint density at radius 1 is 1.36 bits per heavy atom. The van der Waals surface area contributed by atoms with Crippen LogP contribution < -0.4 is 0 Å². The van der Waals surface area contributed by atoms with Crippen molar-refractivity contribution in [3.63, 3.8) is 0 Å². The molecule has 0 spiro atoms. The molecule has 64 valence electrons. The number of rotatable bonds is 4. The minimum atomic E-state index is 0.803. The van der Waals surface area contributed by atoms with Gasteiger partial charge in [-0.2, -0.15) is 0 Å². The van der Waals surface area contributed by atoms with Gasteiger partial charge in [-0.3, -0.25) is 0 Å². The third kappa shape index (κ3) is 1.60. The minimum absolute atomic E-state index is 0.803. The van der Waals surface area contributed by atoms with E-state index in [4.69, 9.17) is 0 Å². The molecular weight excluding hydrogens is 132 g/mol. The van der Waals surface area contributed by atoms with Crippen LogP contribution >= 0.6 is 0 Å². The van der Waals surface area contributed by atoms with Gasteiger partial charge in [-0.15, -0.1) is 0 Å². The maximum absolute atomic E-state index is 2.51. The van der Waals surface area contributed by atoms with Crippen molar-refractivity contribution in [3.05, 3.63) is 0 Å². The van der Waals surface area contributed by atoms with Crippen molar-refractivity contribution >= 4 is 0 Å². The molecule has 0 N–H and O–H groups in total. The molecule has 2 aliphatic rings. The van der Waals surface area contributed by atoms with Crippen molar-refractivity contribution < 1.29 is 0 Å². The molecule has 11 heavy (non-hydrogen) atoms. The van der Waals surface area contributed by atoms with Crippen molar-refractivity contribution in [3.8, 4) is 0 Å². The van der Waals surface area contributed by atoms with Crippen LogP contribution in [0.5, 0.6) is 0 Å². The Kier molecular flexibility index (Phi) is 1.74. The van der Waals surface area contributed by atoms with Crippen molar-refractivity contribution in [2.45, 2.75) is 52.4 Å². The molecule has 0 aliphatic heterocycles. The van der Waals surface area contributed by atoms with Crippen LogP contribution in [0.15, 0.2) is 0 Å². The van der Waals surface area contributed by atoms with Crippen molar-refractivity contribution in [2.24, 2.45) is 17.3 Å². The molecule has 0 aromatic carbocycles. The van der Waals surface area contributed by atoms with Crippen LogP contribution in [0, 0.1) is 17.3 Å². The van der Waals surface area contributed by atoms with E-state index in [0.717, 1.165) is 17.3 Å². The summed E-state index contributed by atoms with van der Waals surface area (Å²) >= 11 is 0. The summed E-state index contributed by atoms with van der Waals surface area (Å²) in [7, 11) is 0. The summed E-state index contributed by atoms with van der Waals surface area (Å²) in [5.41, 5.74) is 0.803. The third-order valence-electron chi connectivity index (χ3n) is 3.63. The summed E-state index contributed by atoms with van der Waals surface area (Å²) in [6.07, 6.45) is 9.05. The van der Waals surface area contributed by atoms with E-state index in [2.05, 4.69) is 13.8 Å². The molecule has 0 heteroatoms. The minimum Gasteiger partial charge on any atom is -0.0654 e. The molecule has 2 aliphatic carbocycles. The lowest BCUT2D eigenvalue weighted by Gasteiger charge is -2.08. The van der Waals surface area contributed by atoms with Gasteiger partial charge in [0.05, 0.1) is 0 Å². The normalized spacial score (nSPS) is 42.5. The van der Waals surface area contributed by atoms with E-state index in [-0.39, 0.29) is 0 Å². The fraction of sp³-hybridized carbons (Fsp3) is 1.00. The van der Waals surface area contributed by atoms with Crippen LogP contribution in [-0.4, -0.2) is 0 Å². The average molecular weight is 152 g/mol. The number of hydrogen-bond acceptors (Lipinski definition) is 0. The topological polar surface area (TPSA) is 0 Å². The van der Waals surface area contributed by atoms with E-state index in [0.29, 0.717) is 0 Å². The fourth-order valence-corrected chi connectivity index (χ4v) is 2.53. The lowest BCUT2D eigenvalue weighted by atomic mass is 9.97. The highest BCUT2D eigenvalue weighted by atomic mass is 14.6. The summed E-state index contributed by atoms with van der Waals surface area (Å²) < 4.78 is 0. The van der Waals surface area contributed by atoms with Gasteiger partial charge >= 0.3 is 0 Å². The first kappa shape index (κ1) is 7.64.